The molecule has 0 aliphatic carbocycles. The Labute approximate surface area is 136 Å². The van der Waals surface area contributed by atoms with Gasteiger partial charge in [-0.05, 0) is 51.8 Å². The first kappa shape index (κ1) is 14.4. The number of pyridine rings is 1. The summed E-state index contributed by atoms with van der Waals surface area (Å²) in [6.07, 6.45) is 2.61. The van der Waals surface area contributed by atoms with E-state index in [2.05, 4.69) is 20.9 Å². The molecule has 0 saturated heterocycles. The predicted molar refractivity (Wildman–Crippen MR) is 90.1 cm³/mol. The Balaban J connectivity index is 1.73. The van der Waals surface area contributed by atoms with Crippen LogP contribution in [0.3, 0.4) is 0 Å². The zero-order valence-electron chi connectivity index (χ0n) is 11.2. The van der Waals surface area contributed by atoms with Gasteiger partial charge in [-0.1, -0.05) is 29.8 Å². The van der Waals surface area contributed by atoms with Crippen molar-refractivity contribution in [3.05, 3.63) is 69.8 Å². The molecule has 0 radical (unpaired) electrons. The Morgan fingerprint density at radius 3 is 2.67 bits per heavy atom. The average Bonchev–Trinajstić information content (AvgIpc) is 2.50. The number of para-hydroxylation sites is 1. The van der Waals surface area contributed by atoms with Gasteiger partial charge in [0.15, 0.2) is 0 Å². The maximum atomic E-state index is 5.91. The molecule has 0 unspecified atom stereocenters. The van der Waals surface area contributed by atoms with Crippen LogP contribution in [0.4, 0.5) is 0 Å². The molecule has 0 spiro atoms. The largest absolute Gasteiger partial charge is 0.492 e. The Hall–Kier alpha value is -1.58. The smallest absolute Gasteiger partial charge is 0.130 e. The number of hydrogen-bond donors (Lipinski definition) is 0. The molecule has 0 aliphatic rings. The lowest BCUT2D eigenvalue weighted by atomic mass is 10.1. The molecule has 0 aliphatic heterocycles. The first-order valence-corrected chi connectivity index (χ1v) is 7.81. The third-order valence-corrected chi connectivity index (χ3v) is 4.14. The first-order chi connectivity index (χ1) is 10.2. The van der Waals surface area contributed by atoms with Gasteiger partial charge in [0, 0.05) is 27.5 Å². The summed E-state index contributed by atoms with van der Waals surface area (Å²) in [5.74, 6) is 0.857. The normalized spacial score (nSPS) is 10.8. The van der Waals surface area contributed by atoms with Gasteiger partial charge in [-0.25, -0.2) is 0 Å². The summed E-state index contributed by atoms with van der Waals surface area (Å²) in [5, 5.41) is 1.77. The molecule has 2 nitrogen and oxygen atoms in total. The van der Waals surface area contributed by atoms with Crippen molar-refractivity contribution in [2.75, 3.05) is 6.61 Å². The topological polar surface area (TPSA) is 22.1 Å². The minimum absolute atomic E-state index is 0.618. The molecule has 0 saturated carbocycles. The van der Waals surface area contributed by atoms with E-state index in [1.807, 2.05) is 48.5 Å². The number of rotatable bonds is 4. The third kappa shape index (κ3) is 3.36. The highest BCUT2D eigenvalue weighted by atomic mass is 79.9. The number of benzene rings is 2. The third-order valence-electron chi connectivity index (χ3n) is 3.24. The summed E-state index contributed by atoms with van der Waals surface area (Å²) in [5.41, 5.74) is 2.13. The molecular weight excluding hydrogens is 350 g/mol. The predicted octanol–water partition coefficient (Wildman–Crippen LogP) is 5.27. The van der Waals surface area contributed by atoms with Crippen LogP contribution in [0.15, 0.2) is 59.2 Å². The van der Waals surface area contributed by atoms with Crippen molar-refractivity contribution in [3.63, 3.8) is 0 Å². The standard InChI is InChI=1S/C17H13BrClNO/c18-15-3-1-2-14-16(8-10-20-17(14)15)21-11-9-12-4-6-13(19)7-5-12/h1-8,10H,9,11H2. The van der Waals surface area contributed by atoms with Gasteiger partial charge in [-0.3, -0.25) is 4.98 Å². The fourth-order valence-electron chi connectivity index (χ4n) is 2.17. The van der Waals surface area contributed by atoms with Crippen LogP contribution in [-0.2, 0) is 6.42 Å². The summed E-state index contributed by atoms with van der Waals surface area (Å²) in [4.78, 5) is 4.38. The van der Waals surface area contributed by atoms with Gasteiger partial charge in [0.1, 0.15) is 5.75 Å². The van der Waals surface area contributed by atoms with Crippen LogP contribution in [0.25, 0.3) is 10.9 Å². The molecule has 4 heteroatoms. The number of ether oxygens (including phenoxy) is 1. The van der Waals surface area contributed by atoms with Crippen molar-refractivity contribution in [3.8, 4) is 5.75 Å². The second kappa shape index (κ2) is 6.46. The molecule has 0 bridgehead atoms. The van der Waals surface area contributed by atoms with Crippen LogP contribution in [0.2, 0.25) is 5.02 Å². The zero-order chi connectivity index (χ0) is 14.7. The maximum Gasteiger partial charge on any atom is 0.130 e. The van der Waals surface area contributed by atoms with Crippen molar-refractivity contribution in [1.82, 2.24) is 4.98 Å². The van der Waals surface area contributed by atoms with Crippen LogP contribution in [0.1, 0.15) is 5.56 Å². The zero-order valence-corrected chi connectivity index (χ0v) is 13.6. The van der Waals surface area contributed by atoms with Crippen molar-refractivity contribution in [2.24, 2.45) is 0 Å². The molecular formula is C17H13BrClNO. The SMILES string of the molecule is Clc1ccc(CCOc2ccnc3c(Br)cccc23)cc1. The minimum Gasteiger partial charge on any atom is -0.492 e. The molecule has 0 amide bonds. The Morgan fingerprint density at radius 2 is 1.86 bits per heavy atom. The van der Waals surface area contributed by atoms with Crippen molar-refractivity contribution in [1.29, 1.82) is 0 Å². The summed E-state index contributed by atoms with van der Waals surface area (Å²) in [6, 6.07) is 15.7. The van der Waals surface area contributed by atoms with Crippen LogP contribution in [0, 0.1) is 0 Å². The molecule has 1 aromatic heterocycles. The van der Waals surface area contributed by atoms with Gasteiger partial charge < -0.3 is 4.74 Å². The molecule has 0 fully saturated rings. The van der Waals surface area contributed by atoms with E-state index in [0.717, 1.165) is 32.6 Å². The highest BCUT2D eigenvalue weighted by molar-refractivity contribution is 9.10. The molecule has 3 aromatic rings. The fourth-order valence-corrected chi connectivity index (χ4v) is 2.76. The summed E-state index contributed by atoms with van der Waals surface area (Å²) < 4.78 is 6.89. The highest BCUT2D eigenvalue weighted by Crippen LogP contribution is 2.28. The van der Waals surface area contributed by atoms with Crippen LogP contribution >= 0.6 is 27.5 Å². The average molecular weight is 363 g/mol. The first-order valence-electron chi connectivity index (χ1n) is 6.64. The lowest BCUT2D eigenvalue weighted by Gasteiger charge is -2.09. The molecule has 106 valence electrons. The van der Waals surface area contributed by atoms with Crippen LogP contribution < -0.4 is 4.74 Å². The number of fused-ring (bicyclic) bond motifs is 1. The van der Waals surface area contributed by atoms with Gasteiger partial charge in [-0.2, -0.15) is 0 Å². The van der Waals surface area contributed by atoms with E-state index >= 15 is 0 Å². The molecule has 3 rings (SSSR count). The monoisotopic (exact) mass is 361 g/mol. The molecule has 21 heavy (non-hydrogen) atoms. The number of hydrogen-bond acceptors (Lipinski definition) is 2. The Morgan fingerprint density at radius 1 is 1.05 bits per heavy atom. The van der Waals surface area contributed by atoms with E-state index in [0.29, 0.717) is 6.61 Å². The summed E-state index contributed by atoms with van der Waals surface area (Å²) >= 11 is 9.39. The van der Waals surface area contributed by atoms with Gasteiger partial charge >= 0.3 is 0 Å². The van der Waals surface area contributed by atoms with Gasteiger partial charge in [0.05, 0.1) is 12.1 Å². The fraction of sp³-hybridized carbons (Fsp3) is 0.118. The van der Waals surface area contributed by atoms with Crippen LogP contribution in [-0.4, -0.2) is 11.6 Å². The molecule has 2 aromatic carbocycles. The van der Waals surface area contributed by atoms with Crippen molar-refractivity contribution >= 4 is 38.4 Å². The highest BCUT2D eigenvalue weighted by Gasteiger charge is 2.05. The van der Waals surface area contributed by atoms with E-state index in [4.69, 9.17) is 16.3 Å². The second-order valence-electron chi connectivity index (χ2n) is 4.67. The number of nitrogens with zero attached hydrogens (tertiary/aromatic N) is 1. The van der Waals surface area contributed by atoms with Gasteiger partial charge in [0.25, 0.3) is 0 Å². The summed E-state index contributed by atoms with van der Waals surface area (Å²) in [6.45, 7) is 0.618. The van der Waals surface area contributed by atoms with Crippen molar-refractivity contribution < 1.29 is 4.74 Å². The lowest BCUT2D eigenvalue weighted by molar-refractivity contribution is 0.325. The van der Waals surface area contributed by atoms with E-state index < -0.39 is 0 Å². The van der Waals surface area contributed by atoms with E-state index in [9.17, 15) is 0 Å². The molecule has 0 N–H and O–H groups in total. The van der Waals surface area contributed by atoms with Gasteiger partial charge in [-0.15, -0.1) is 0 Å². The molecule has 0 atom stereocenters. The van der Waals surface area contributed by atoms with Gasteiger partial charge in [0.2, 0.25) is 0 Å². The number of halogens is 2. The Kier molecular flexibility index (Phi) is 4.42. The van der Waals surface area contributed by atoms with E-state index in [1.54, 1.807) is 6.20 Å². The van der Waals surface area contributed by atoms with Crippen molar-refractivity contribution in [2.45, 2.75) is 6.42 Å². The van der Waals surface area contributed by atoms with Crippen LogP contribution in [0.5, 0.6) is 5.75 Å². The summed E-state index contributed by atoms with van der Waals surface area (Å²) in [7, 11) is 0. The lowest BCUT2D eigenvalue weighted by Crippen LogP contribution is -2.02. The second-order valence-corrected chi connectivity index (χ2v) is 5.96. The maximum absolute atomic E-state index is 5.91. The van der Waals surface area contributed by atoms with E-state index in [1.165, 1.54) is 5.56 Å². The van der Waals surface area contributed by atoms with E-state index in [-0.39, 0.29) is 0 Å². The number of aromatic nitrogens is 1. The minimum atomic E-state index is 0.618. The Bertz CT molecular complexity index is 758. The quantitative estimate of drug-likeness (QED) is 0.630. The molecule has 1 heterocycles.